The first-order valence-corrected chi connectivity index (χ1v) is 9.64. The van der Waals surface area contributed by atoms with Crippen molar-refractivity contribution in [3.63, 3.8) is 0 Å². The Bertz CT molecular complexity index is 812. The van der Waals surface area contributed by atoms with Gasteiger partial charge in [0, 0.05) is 18.8 Å². The summed E-state index contributed by atoms with van der Waals surface area (Å²) in [6.07, 6.45) is 0. The zero-order valence-electron chi connectivity index (χ0n) is 16.9. The molecule has 2 aromatic carbocycles. The molecule has 0 atom stereocenters. The minimum Gasteiger partial charge on any atom is -0.397 e. The van der Waals surface area contributed by atoms with Crippen LogP contribution in [0.4, 0.5) is 5.69 Å². The molecular weight excluding hydrogens is 350 g/mol. The fourth-order valence-electron chi connectivity index (χ4n) is 3.09. The SMILES string of the molecule is CCN(CC)CCN(C(=O)C(C(C)=O)=C(N)c1ccccc1)c1ccccc1. The van der Waals surface area contributed by atoms with Gasteiger partial charge in [-0.1, -0.05) is 62.4 Å². The van der Waals surface area contributed by atoms with Gasteiger partial charge in [-0.3, -0.25) is 9.59 Å². The summed E-state index contributed by atoms with van der Waals surface area (Å²) < 4.78 is 0. The van der Waals surface area contributed by atoms with E-state index < -0.39 is 0 Å². The first kappa shape index (κ1) is 21.4. The van der Waals surface area contributed by atoms with E-state index in [0.29, 0.717) is 18.7 Å². The maximum absolute atomic E-state index is 13.4. The van der Waals surface area contributed by atoms with Crippen molar-refractivity contribution in [1.82, 2.24) is 4.90 Å². The van der Waals surface area contributed by atoms with E-state index in [1.807, 2.05) is 48.5 Å². The van der Waals surface area contributed by atoms with Gasteiger partial charge in [0.2, 0.25) is 0 Å². The fourth-order valence-corrected chi connectivity index (χ4v) is 3.09. The third-order valence-electron chi connectivity index (χ3n) is 4.77. The molecule has 28 heavy (non-hydrogen) atoms. The van der Waals surface area contributed by atoms with Gasteiger partial charge in [-0.25, -0.2) is 0 Å². The second-order valence-electron chi connectivity index (χ2n) is 6.53. The summed E-state index contributed by atoms with van der Waals surface area (Å²) in [6, 6.07) is 18.5. The van der Waals surface area contributed by atoms with E-state index in [4.69, 9.17) is 5.73 Å². The van der Waals surface area contributed by atoms with Crippen LogP contribution < -0.4 is 10.6 Å². The van der Waals surface area contributed by atoms with Gasteiger partial charge in [0.05, 0.1) is 5.70 Å². The van der Waals surface area contributed by atoms with E-state index >= 15 is 0 Å². The van der Waals surface area contributed by atoms with Crippen molar-refractivity contribution in [2.24, 2.45) is 5.73 Å². The molecule has 0 saturated carbocycles. The number of rotatable bonds is 9. The quantitative estimate of drug-likeness (QED) is 0.412. The molecule has 0 unspecified atom stereocenters. The Morgan fingerprint density at radius 1 is 0.857 bits per heavy atom. The van der Waals surface area contributed by atoms with E-state index in [0.717, 1.165) is 18.8 Å². The van der Waals surface area contributed by atoms with Crippen molar-refractivity contribution in [2.45, 2.75) is 20.8 Å². The Balaban J connectivity index is 2.44. The van der Waals surface area contributed by atoms with Crippen molar-refractivity contribution < 1.29 is 9.59 Å². The van der Waals surface area contributed by atoms with Crippen LogP contribution in [0.2, 0.25) is 0 Å². The Kier molecular flexibility index (Phi) is 7.96. The van der Waals surface area contributed by atoms with Gasteiger partial charge >= 0.3 is 0 Å². The smallest absolute Gasteiger partial charge is 0.264 e. The van der Waals surface area contributed by atoms with Gasteiger partial charge < -0.3 is 15.5 Å². The molecule has 0 aliphatic carbocycles. The molecule has 2 rings (SSSR count). The summed E-state index contributed by atoms with van der Waals surface area (Å²) in [6.45, 7) is 8.55. The van der Waals surface area contributed by atoms with E-state index in [1.165, 1.54) is 6.92 Å². The summed E-state index contributed by atoms with van der Waals surface area (Å²) in [7, 11) is 0. The molecule has 0 bridgehead atoms. The molecule has 0 radical (unpaired) electrons. The number of carbonyl (C=O) groups excluding carboxylic acids is 2. The molecule has 5 heteroatoms. The highest BCUT2D eigenvalue weighted by Crippen LogP contribution is 2.21. The van der Waals surface area contributed by atoms with Gasteiger partial charge in [0.25, 0.3) is 5.91 Å². The number of benzene rings is 2. The third-order valence-corrected chi connectivity index (χ3v) is 4.77. The molecule has 0 aliphatic heterocycles. The van der Waals surface area contributed by atoms with Gasteiger partial charge in [0.15, 0.2) is 5.78 Å². The molecule has 0 aliphatic rings. The lowest BCUT2D eigenvalue weighted by atomic mass is 10.0. The van der Waals surface area contributed by atoms with Crippen LogP contribution in [0.15, 0.2) is 66.2 Å². The highest BCUT2D eigenvalue weighted by molar-refractivity contribution is 6.27. The van der Waals surface area contributed by atoms with Crippen LogP contribution in [0.25, 0.3) is 5.70 Å². The van der Waals surface area contributed by atoms with Crippen molar-refractivity contribution in [3.05, 3.63) is 71.8 Å². The van der Waals surface area contributed by atoms with Crippen LogP contribution in [0.1, 0.15) is 26.3 Å². The maximum Gasteiger partial charge on any atom is 0.264 e. The van der Waals surface area contributed by atoms with Gasteiger partial charge in [-0.2, -0.15) is 0 Å². The normalized spacial score (nSPS) is 11.9. The predicted octanol–water partition coefficient (Wildman–Crippen LogP) is 3.32. The molecule has 0 spiro atoms. The zero-order chi connectivity index (χ0) is 20.5. The van der Waals surface area contributed by atoms with Crippen molar-refractivity contribution in [2.75, 3.05) is 31.1 Å². The number of ketones is 1. The molecule has 2 N–H and O–H groups in total. The lowest BCUT2D eigenvalue weighted by Crippen LogP contribution is -2.41. The second-order valence-corrected chi connectivity index (χ2v) is 6.53. The number of likely N-dealkylation sites (N-methyl/N-ethyl adjacent to an activating group) is 1. The van der Waals surface area contributed by atoms with Crippen molar-refractivity contribution in [1.29, 1.82) is 0 Å². The predicted molar refractivity (Wildman–Crippen MR) is 115 cm³/mol. The maximum atomic E-state index is 13.4. The van der Waals surface area contributed by atoms with Crippen LogP contribution in [0.3, 0.4) is 0 Å². The van der Waals surface area contributed by atoms with E-state index in [-0.39, 0.29) is 23.0 Å². The van der Waals surface area contributed by atoms with Gasteiger partial charge in [-0.05, 0) is 37.7 Å². The average Bonchev–Trinajstić information content (AvgIpc) is 2.72. The molecule has 5 nitrogen and oxygen atoms in total. The molecule has 0 heterocycles. The topological polar surface area (TPSA) is 66.6 Å². The molecule has 0 saturated heterocycles. The van der Waals surface area contributed by atoms with Gasteiger partial charge in [0.1, 0.15) is 5.57 Å². The Hall–Kier alpha value is -2.92. The molecular formula is C23H29N3O2. The molecule has 1 amide bonds. The van der Waals surface area contributed by atoms with Crippen molar-refractivity contribution in [3.8, 4) is 0 Å². The molecule has 0 fully saturated rings. The first-order valence-electron chi connectivity index (χ1n) is 9.64. The summed E-state index contributed by atoms with van der Waals surface area (Å²) >= 11 is 0. The standard InChI is InChI=1S/C23H29N3O2/c1-4-25(5-2)16-17-26(20-14-10-7-11-15-20)23(28)21(18(3)27)22(24)19-12-8-6-9-13-19/h6-15H,4-5,16-17,24H2,1-3H3. The number of Topliss-reactive ketones (excluding diaryl/α,β-unsaturated/α-hetero) is 1. The molecule has 148 valence electrons. The molecule has 0 aromatic heterocycles. The monoisotopic (exact) mass is 379 g/mol. The van der Waals surface area contributed by atoms with Crippen LogP contribution in [-0.4, -0.2) is 42.8 Å². The Morgan fingerprint density at radius 2 is 1.39 bits per heavy atom. The second kappa shape index (κ2) is 10.4. The fraction of sp³-hybridized carbons (Fsp3) is 0.304. The number of nitrogens with two attached hydrogens (primary N) is 1. The first-order chi connectivity index (χ1) is 13.5. The summed E-state index contributed by atoms with van der Waals surface area (Å²) in [5.41, 5.74) is 7.91. The molecule has 2 aromatic rings. The van der Waals surface area contributed by atoms with E-state index in [9.17, 15) is 9.59 Å². The van der Waals surface area contributed by atoms with Crippen LogP contribution in [0.5, 0.6) is 0 Å². The summed E-state index contributed by atoms with van der Waals surface area (Å²) in [5.74, 6) is -0.706. The largest absolute Gasteiger partial charge is 0.397 e. The number of para-hydroxylation sites is 1. The Labute approximate surface area is 167 Å². The Morgan fingerprint density at radius 3 is 1.89 bits per heavy atom. The van der Waals surface area contributed by atoms with Crippen LogP contribution >= 0.6 is 0 Å². The number of nitrogens with zero attached hydrogens (tertiary/aromatic N) is 2. The minimum absolute atomic E-state index is 0.0228. The number of anilines is 1. The average molecular weight is 380 g/mol. The highest BCUT2D eigenvalue weighted by atomic mass is 16.2. The summed E-state index contributed by atoms with van der Waals surface area (Å²) in [5, 5.41) is 0. The summed E-state index contributed by atoms with van der Waals surface area (Å²) in [4.78, 5) is 29.7. The third kappa shape index (κ3) is 5.30. The number of hydrogen-bond acceptors (Lipinski definition) is 4. The zero-order valence-corrected chi connectivity index (χ0v) is 16.9. The minimum atomic E-state index is -0.368. The highest BCUT2D eigenvalue weighted by Gasteiger charge is 2.26. The van der Waals surface area contributed by atoms with Crippen LogP contribution in [-0.2, 0) is 9.59 Å². The van der Waals surface area contributed by atoms with Gasteiger partial charge in [-0.15, -0.1) is 0 Å². The van der Waals surface area contributed by atoms with E-state index in [2.05, 4.69) is 18.7 Å². The number of carbonyl (C=O) groups is 2. The van der Waals surface area contributed by atoms with Crippen molar-refractivity contribution >= 4 is 23.1 Å². The number of hydrogen-bond donors (Lipinski definition) is 1. The number of amides is 1. The lowest BCUT2D eigenvalue weighted by molar-refractivity contribution is -0.120. The lowest BCUT2D eigenvalue weighted by Gasteiger charge is -2.27. The van der Waals surface area contributed by atoms with E-state index in [1.54, 1.807) is 17.0 Å². The van der Waals surface area contributed by atoms with Crippen LogP contribution in [0, 0.1) is 0 Å².